The van der Waals surface area contributed by atoms with E-state index in [1.165, 1.54) is 5.56 Å². The van der Waals surface area contributed by atoms with Crippen molar-refractivity contribution in [2.24, 2.45) is 4.99 Å². The van der Waals surface area contributed by atoms with Crippen LogP contribution in [0.4, 0.5) is 0 Å². The van der Waals surface area contributed by atoms with E-state index in [9.17, 15) is 0 Å². The Hall–Kier alpha value is -1.54. The van der Waals surface area contributed by atoms with Crippen molar-refractivity contribution in [2.45, 2.75) is 25.8 Å². The molecule has 0 amide bonds. The van der Waals surface area contributed by atoms with E-state index in [0.29, 0.717) is 6.42 Å². The molecule has 0 aliphatic heterocycles. The fraction of sp³-hybridized carbons (Fsp3) is 0.467. The third-order valence-electron chi connectivity index (χ3n) is 2.90. The maximum absolute atomic E-state index is 8.49. The summed E-state index contributed by atoms with van der Waals surface area (Å²) in [5.74, 6) is 0.880. The first-order valence-corrected chi connectivity index (χ1v) is 7.50. The van der Waals surface area contributed by atoms with E-state index in [4.69, 9.17) is 5.26 Å². The van der Waals surface area contributed by atoms with Crippen LogP contribution in [-0.2, 0) is 6.54 Å². The molecule has 108 valence electrons. The number of unbranched alkanes of at least 4 members (excludes halogenated alkanes) is 2. The first-order valence-electron chi connectivity index (χ1n) is 6.70. The van der Waals surface area contributed by atoms with Crippen molar-refractivity contribution in [2.75, 3.05) is 20.6 Å². The van der Waals surface area contributed by atoms with Gasteiger partial charge in [0.25, 0.3) is 0 Å². The summed E-state index contributed by atoms with van der Waals surface area (Å²) in [7, 11) is 3.81. The summed E-state index contributed by atoms with van der Waals surface area (Å²) in [5, 5.41) is 11.8. The van der Waals surface area contributed by atoms with Crippen LogP contribution in [0, 0.1) is 11.3 Å². The molecule has 1 N–H and O–H groups in total. The molecule has 0 heterocycles. The summed E-state index contributed by atoms with van der Waals surface area (Å²) < 4.78 is 1.09. The Labute approximate surface area is 129 Å². The van der Waals surface area contributed by atoms with E-state index >= 15 is 0 Å². The molecule has 1 aromatic carbocycles. The molecule has 0 atom stereocenters. The van der Waals surface area contributed by atoms with Gasteiger partial charge in [0.1, 0.15) is 0 Å². The van der Waals surface area contributed by atoms with Crippen LogP contribution in [-0.4, -0.2) is 31.5 Å². The molecule has 0 aromatic heterocycles. The second-order valence-electron chi connectivity index (χ2n) is 4.57. The molecule has 4 nitrogen and oxygen atoms in total. The normalized spacial score (nSPS) is 11.0. The van der Waals surface area contributed by atoms with Crippen molar-refractivity contribution >= 4 is 21.9 Å². The zero-order valence-electron chi connectivity index (χ0n) is 12.1. The molecule has 20 heavy (non-hydrogen) atoms. The van der Waals surface area contributed by atoms with Gasteiger partial charge in [0, 0.05) is 38.1 Å². The quantitative estimate of drug-likeness (QED) is 0.493. The summed E-state index contributed by atoms with van der Waals surface area (Å²) in [6, 6.07) is 10.4. The molecule has 0 aliphatic rings. The van der Waals surface area contributed by atoms with E-state index < -0.39 is 0 Å². The molecule has 0 aliphatic carbocycles. The van der Waals surface area contributed by atoms with Crippen molar-refractivity contribution in [3.05, 3.63) is 34.3 Å². The third-order valence-corrected chi connectivity index (χ3v) is 3.43. The van der Waals surface area contributed by atoms with Gasteiger partial charge in [0.15, 0.2) is 5.96 Å². The number of nitrogens with one attached hydrogen (secondary N) is 1. The Bertz CT molecular complexity index is 462. The van der Waals surface area contributed by atoms with Crippen molar-refractivity contribution in [1.82, 2.24) is 10.2 Å². The van der Waals surface area contributed by atoms with E-state index in [2.05, 4.69) is 49.3 Å². The van der Waals surface area contributed by atoms with Gasteiger partial charge in [-0.1, -0.05) is 28.1 Å². The molecule has 0 unspecified atom stereocenters. The zero-order chi connectivity index (χ0) is 14.8. The first kappa shape index (κ1) is 16.5. The van der Waals surface area contributed by atoms with Crippen LogP contribution in [0.3, 0.4) is 0 Å². The monoisotopic (exact) mass is 336 g/mol. The van der Waals surface area contributed by atoms with Gasteiger partial charge >= 0.3 is 0 Å². The fourth-order valence-corrected chi connectivity index (χ4v) is 2.12. The molecule has 0 saturated carbocycles. The summed E-state index contributed by atoms with van der Waals surface area (Å²) in [5.41, 5.74) is 1.24. The largest absolute Gasteiger partial charge is 0.356 e. The summed E-state index contributed by atoms with van der Waals surface area (Å²) in [4.78, 5) is 6.37. The van der Waals surface area contributed by atoms with Crippen molar-refractivity contribution in [3.63, 3.8) is 0 Å². The fourth-order valence-electron chi connectivity index (χ4n) is 1.85. The Morgan fingerprint density at radius 3 is 2.65 bits per heavy atom. The Morgan fingerprint density at radius 2 is 2.05 bits per heavy atom. The predicted octanol–water partition coefficient (Wildman–Crippen LogP) is 3.15. The van der Waals surface area contributed by atoms with Gasteiger partial charge in [-0.25, -0.2) is 0 Å². The molecule has 1 aromatic rings. The van der Waals surface area contributed by atoms with Crippen LogP contribution in [0.15, 0.2) is 33.7 Å². The zero-order valence-corrected chi connectivity index (χ0v) is 13.7. The lowest BCUT2D eigenvalue weighted by atomic mass is 10.2. The topological polar surface area (TPSA) is 51.4 Å². The standard InChI is InChI=1S/C15H21BrN4/c1-18-15(19-11-5-3-4-10-17)20(2)12-13-6-8-14(16)9-7-13/h6-9H,3-5,11-12H2,1-2H3,(H,18,19). The van der Waals surface area contributed by atoms with Crippen molar-refractivity contribution < 1.29 is 0 Å². The first-order chi connectivity index (χ1) is 9.67. The molecule has 0 fully saturated rings. The summed E-state index contributed by atoms with van der Waals surface area (Å²) >= 11 is 3.44. The number of benzene rings is 1. The van der Waals surface area contributed by atoms with E-state index in [1.807, 2.05) is 19.2 Å². The van der Waals surface area contributed by atoms with Gasteiger partial charge in [0.05, 0.1) is 6.07 Å². The Kier molecular flexibility index (Phi) is 7.74. The SMILES string of the molecule is CN=C(NCCCCC#N)N(C)Cc1ccc(Br)cc1. The summed E-state index contributed by atoms with van der Waals surface area (Å²) in [6.45, 7) is 1.66. The molecule has 0 saturated heterocycles. The number of nitrogens with zero attached hydrogens (tertiary/aromatic N) is 3. The van der Waals surface area contributed by atoms with Gasteiger partial charge in [0.2, 0.25) is 0 Å². The van der Waals surface area contributed by atoms with Crippen LogP contribution in [0.2, 0.25) is 0 Å². The maximum atomic E-state index is 8.49. The number of aliphatic imine (C=N–C) groups is 1. The number of guanidine groups is 1. The number of hydrogen-bond donors (Lipinski definition) is 1. The number of nitriles is 1. The highest BCUT2D eigenvalue weighted by Crippen LogP contribution is 2.11. The number of hydrogen-bond acceptors (Lipinski definition) is 2. The van der Waals surface area contributed by atoms with Crippen LogP contribution in [0.5, 0.6) is 0 Å². The lowest BCUT2D eigenvalue weighted by Crippen LogP contribution is -2.38. The second kappa shape index (κ2) is 9.38. The molecular weight excluding hydrogens is 316 g/mol. The highest BCUT2D eigenvalue weighted by atomic mass is 79.9. The van der Waals surface area contributed by atoms with Crippen molar-refractivity contribution in [1.29, 1.82) is 5.26 Å². The number of rotatable bonds is 6. The smallest absolute Gasteiger partial charge is 0.193 e. The Morgan fingerprint density at radius 1 is 1.35 bits per heavy atom. The number of halogens is 1. The molecule has 1 rings (SSSR count). The highest BCUT2D eigenvalue weighted by Gasteiger charge is 2.05. The average molecular weight is 337 g/mol. The van der Waals surface area contributed by atoms with Gasteiger partial charge in [-0.05, 0) is 30.5 Å². The van der Waals surface area contributed by atoms with Crippen LogP contribution >= 0.6 is 15.9 Å². The van der Waals surface area contributed by atoms with Crippen LogP contribution in [0.1, 0.15) is 24.8 Å². The summed E-state index contributed by atoms with van der Waals surface area (Å²) in [6.07, 6.45) is 2.53. The predicted molar refractivity (Wildman–Crippen MR) is 86.4 cm³/mol. The minimum atomic E-state index is 0.620. The lowest BCUT2D eigenvalue weighted by molar-refractivity contribution is 0.475. The van der Waals surface area contributed by atoms with Gasteiger partial charge < -0.3 is 10.2 Å². The minimum Gasteiger partial charge on any atom is -0.356 e. The van der Waals surface area contributed by atoms with E-state index in [-0.39, 0.29) is 0 Å². The van der Waals surface area contributed by atoms with E-state index in [0.717, 1.165) is 36.4 Å². The van der Waals surface area contributed by atoms with E-state index in [1.54, 1.807) is 7.05 Å². The third kappa shape index (κ3) is 6.07. The van der Waals surface area contributed by atoms with Crippen LogP contribution < -0.4 is 5.32 Å². The molecule has 0 radical (unpaired) electrons. The van der Waals surface area contributed by atoms with Gasteiger partial charge in [-0.2, -0.15) is 5.26 Å². The minimum absolute atomic E-state index is 0.620. The average Bonchev–Trinajstić information content (AvgIpc) is 2.45. The highest BCUT2D eigenvalue weighted by molar-refractivity contribution is 9.10. The molecule has 0 spiro atoms. The molecular formula is C15H21BrN4. The lowest BCUT2D eigenvalue weighted by Gasteiger charge is -2.22. The molecule has 0 bridgehead atoms. The second-order valence-corrected chi connectivity index (χ2v) is 5.49. The molecule has 5 heteroatoms. The van der Waals surface area contributed by atoms with Gasteiger partial charge in [-0.3, -0.25) is 4.99 Å². The van der Waals surface area contributed by atoms with Crippen molar-refractivity contribution in [3.8, 4) is 6.07 Å². The maximum Gasteiger partial charge on any atom is 0.193 e. The van der Waals surface area contributed by atoms with Crippen LogP contribution in [0.25, 0.3) is 0 Å². The Balaban J connectivity index is 2.41. The van der Waals surface area contributed by atoms with Gasteiger partial charge in [-0.15, -0.1) is 0 Å².